The molecule has 0 atom stereocenters. The quantitative estimate of drug-likeness (QED) is 0.790. The van der Waals surface area contributed by atoms with Gasteiger partial charge in [0.05, 0.1) is 4.88 Å². The van der Waals surface area contributed by atoms with E-state index < -0.39 is 0 Å². The number of thiophene rings is 1. The van der Waals surface area contributed by atoms with Gasteiger partial charge in [-0.25, -0.2) is 0 Å². The molecule has 2 aromatic rings. The summed E-state index contributed by atoms with van der Waals surface area (Å²) in [5.74, 6) is -0.0599. The van der Waals surface area contributed by atoms with Crippen LogP contribution in [0, 0.1) is 0 Å². The first-order valence-corrected chi connectivity index (χ1v) is 8.31. The molecule has 0 aliphatic heterocycles. The zero-order chi connectivity index (χ0) is 16.7. The van der Waals surface area contributed by atoms with Crippen molar-refractivity contribution in [2.24, 2.45) is 0 Å². The van der Waals surface area contributed by atoms with E-state index in [4.69, 9.17) is 0 Å². The Labute approximate surface area is 152 Å². The van der Waals surface area contributed by atoms with E-state index in [0.29, 0.717) is 24.4 Å². The van der Waals surface area contributed by atoms with Gasteiger partial charge in [-0.3, -0.25) is 9.59 Å². The molecular formula is C17H22ClN3O2S. The summed E-state index contributed by atoms with van der Waals surface area (Å²) in [6.45, 7) is 1.07. The van der Waals surface area contributed by atoms with Crippen molar-refractivity contribution in [1.29, 1.82) is 0 Å². The molecule has 130 valence electrons. The largest absolute Gasteiger partial charge is 0.337 e. The molecule has 0 unspecified atom stereocenters. The van der Waals surface area contributed by atoms with E-state index in [9.17, 15) is 9.59 Å². The maximum Gasteiger partial charge on any atom is 0.263 e. The summed E-state index contributed by atoms with van der Waals surface area (Å²) in [5.41, 5.74) is 1.66. The molecule has 2 N–H and O–H groups in total. The second-order valence-electron chi connectivity index (χ2n) is 5.20. The molecule has 2 rings (SSSR count). The number of rotatable bonds is 7. The predicted octanol–water partition coefficient (Wildman–Crippen LogP) is 2.99. The lowest BCUT2D eigenvalue weighted by atomic mass is 10.1. The van der Waals surface area contributed by atoms with Gasteiger partial charge in [0.1, 0.15) is 0 Å². The summed E-state index contributed by atoms with van der Waals surface area (Å²) < 4.78 is 0. The Morgan fingerprint density at radius 1 is 1.17 bits per heavy atom. The normalized spacial score (nSPS) is 9.92. The Bertz CT molecular complexity index is 662. The maximum atomic E-state index is 12.3. The third kappa shape index (κ3) is 5.63. The Hall–Kier alpha value is -1.89. The van der Waals surface area contributed by atoms with Gasteiger partial charge in [-0.15, -0.1) is 23.7 Å². The molecule has 1 aromatic heterocycles. The molecule has 7 heteroatoms. The molecule has 0 radical (unpaired) electrons. The van der Waals surface area contributed by atoms with Crippen molar-refractivity contribution in [3.63, 3.8) is 0 Å². The highest BCUT2D eigenvalue weighted by atomic mass is 35.5. The van der Waals surface area contributed by atoms with E-state index >= 15 is 0 Å². The highest BCUT2D eigenvalue weighted by Crippen LogP contribution is 2.19. The summed E-state index contributed by atoms with van der Waals surface area (Å²) in [4.78, 5) is 26.6. The van der Waals surface area contributed by atoms with Crippen molar-refractivity contribution in [3.05, 3.63) is 52.2 Å². The van der Waals surface area contributed by atoms with Crippen molar-refractivity contribution in [3.8, 4) is 0 Å². The zero-order valence-corrected chi connectivity index (χ0v) is 15.4. The molecular weight excluding hydrogens is 346 g/mol. The van der Waals surface area contributed by atoms with Crippen LogP contribution in [0.3, 0.4) is 0 Å². The van der Waals surface area contributed by atoms with Crippen LogP contribution < -0.4 is 10.6 Å². The van der Waals surface area contributed by atoms with Gasteiger partial charge in [-0.05, 0) is 30.1 Å². The fraction of sp³-hybridized carbons (Fsp3) is 0.294. The molecule has 1 heterocycles. The fourth-order valence-electron chi connectivity index (χ4n) is 2.15. The molecule has 1 aromatic carbocycles. The van der Waals surface area contributed by atoms with Gasteiger partial charge in [0.2, 0.25) is 5.91 Å². The van der Waals surface area contributed by atoms with Crippen LogP contribution in [0.4, 0.5) is 5.69 Å². The summed E-state index contributed by atoms with van der Waals surface area (Å²) in [6, 6.07) is 11.2. The van der Waals surface area contributed by atoms with E-state index in [1.165, 1.54) is 11.3 Å². The van der Waals surface area contributed by atoms with Crippen LogP contribution in [0.1, 0.15) is 21.7 Å². The van der Waals surface area contributed by atoms with Crippen LogP contribution in [-0.4, -0.2) is 37.4 Å². The molecule has 24 heavy (non-hydrogen) atoms. The second-order valence-corrected chi connectivity index (χ2v) is 6.15. The first-order valence-electron chi connectivity index (χ1n) is 7.43. The van der Waals surface area contributed by atoms with Gasteiger partial charge in [0.15, 0.2) is 0 Å². The number of carbonyl (C=O) groups is 2. The lowest BCUT2D eigenvalue weighted by molar-refractivity contribution is -0.116. The standard InChI is InChI=1S/C17H21N3O2S.ClH/c1-18-10-9-16(21)19-14-7-4-3-6-13(14)12-20(2)17(22)15-8-5-11-23-15;/h3-8,11,18H,9-10,12H2,1-2H3,(H,19,21);1H. The Morgan fingerprint density at radius 2 is 1.92 bits per heavy atom. The first kappa shape index (κ1) is 20.2. The van der Waals surface area contributed by atoms with Gasteiger partial charge in [0, 0.05) is 32.2 Å². The Morgan fingerprint density at radius 3 is 2.58 bits per heavy atom. The number of para-hydroxylation sites is 1. The number of hydrogen-bond donors (Lipinski definition) is 2. The van der Waals surface area contributed by atoms with Crippen molar-refractivity contribution in [2.75, 3.05) is 26.0 Å². The fourth-order valence-corrected chi connectivity index (χ4v) is 2.86. The van der Waals surface area contributed by atoms with Gasteiger partial charge in [-0.1, -0.05) is 24.3 Å². The van der Waals surface area contributed by atoms with Gasteiger partial charge < -0.3 is 15.5 Å². The third-order valence-electron chi connectivity index (χ3n) is 3.38. The Balaban J connectivity index is 0.00000288. The number of halogens is 1. The lowest BCUT2D eigenvalue weighted by Gasteiger charge is -2.19. The summed E-state index contributed by atoms with van der Waals surface area (Å²) in [6.07, 6.45) is 0.412. The first-order chi connectivity index (χ1) is 11.1. The van der Waals surface area contributed by atoms with Gasteiger partial charge in [-0.2, -0.15) is 0 Å². The number of nitrogens with one attached hydrogen (secondary N) is 2. The average Bonchev–Trinajstić information content (AvgIpc) is 3.08. The smallest absolute Gasteiger partial charge is 0.263 e. The number of hydrogen-bond acceptors (Lipinski definition) is 4. The number of carbonyl (C=O) groups excluding carboxylic acids is 2. The SMILES string of the molecule is CNCCC(=O)Nc1ccccc1CN(C)C(=O)c1cccs1.Cl. The molecule has 0 saturated heterocycles. The van der Waals surface area contributed by atoms with Crippen molar-refractivity contribution in [2.45, 2.75) is 13.0 Å². The minimum absolute atomic E-state index is 0. The molecule has 0 bridgehead atoms. The minimum atomic E-state index is -0.0426. The van der Waals surface area contributed by atoms with E-state index in [1.54, 1.807) is 11.9 Å². The highest BCUT2D eigenvalue weighted by molar-refractivity contribution is 7.12. The van der Waals surface area contributed by atoms with Crippen molar-refractivity contribution in [1.82, 2.24) is 10.2 Å². The number of anilines is 1. The molecule has 0 fully saturated rings. The lowest BCUT2D eigenvalue weighted by Crippen LogP contribution is -2.26. The number of benzene rings is 1. The number of amides is 2. The van der Waals surface area contributed by atoms with Crippen LogP contribution in [0.5, 0.6) is 0 Å². The van der Waals surface area contributed by atoms with Crippen LogP contribution in [0.15, 0.2) is 41.8 Å². The molecule has 5 nitrogen and oxygen atoms in total. The monoisotopic (exact) mass is 367 g/mol. The molecule has 0 aliphatic carbocycles. The van der Waals surface area contributed by atoms with Crippen molar-refractivity contribution < 1.29 is 9.59 Å². The zero-order valence-electron chi connectivity index (χ0n) is 13.7. The maximum absolute atomic E-state index is 12.3. The topological polar surface area (TPSA) is 61.4 Å². The van der Waals surface area contributed by atoms with Crippen LogP contribution in [-0.2, 0) is 11.3 Å². The van der Waals surface area contributed by atoms with Gasteiger partial charge >= 0.3 is 0 Å². The summed E-state index contributed by atoms with van der Waals surface area (Å²) >= 11 is 1.43. The summed E-state index contributed by atoms with van der Waals surface area (Å²) in [7, 11) is 3.58. The van der Waals surface area contributed by atoms with Crippen LogP contribution >= 0.6 is 23.7 Å². The molecule has 2 amide bonds. The van der Waals surface area contributed by atoms with E-state index in [2.05, 4.69) is 10.6 Å². The summed E-state index contributed by atoms with van der Waals surface area (Å²) in [5, 5.41) is 7.75. The second kappa shape index (κ2) is 10.1. The minimum Gasteiger partial charge on any atom is -0.337 e. The van der Waals surface area contributed by atoms with Crippen LogP contribution in [0.25, 0.3) is 0 Å². The number of nitrogens with zero attached hydrogens (tertiary/aromatic N) is 1. The third-order valence-corrected chi connectivity index (χ3v) is 4.24. The van der Waals surface area contributed by atoms with Crippen LogP contribution in [0.2, 0.25) is 0 Å². The molecule has 0 spiro atoms. The molecule has 0 saturated carbocycles. The van der Waals surface area contributed by atoms with E-state index in [1.807, 2.05) is 48.8 Å². The highest BCUT2D eigenvalue weighted by Gasteiger charge is 2.15. The Kier molecular flexibility index (Phi) is 8.46. The molecule has 0 aliphatic rings. The predicted molar refractivity (Wildman–Crippen MR) is 101 cm³/mol. The van der Waals surface area contributed by atoms with Gasteiger partial charge in [0.25, 0.3) is 5.91 Å². The average molecular weight is 368 g/mol. The van der Waals surface area contributed by atoms with E-state index in [0.717, 1.165) is 11.3 Å². The van der Waals surface area contributed by atoms with Crippen molar-refractivity contribution >= 4 is 41.2 Å². The van der Waals surface area contributed by atoms with E-state index in [-0.39, 0.29) is 24.2 Å².